The molecule has 0 fully saturated rings. The average molecular weight is 316 g/mol. The Balaban J connectivity index is 3.07. The second-order valence-electron chi connectivity index (χ2n) is 5.04. The second-order valence-corrected chi connectivity index (χ2v) is 6.75. The van der Waals surface area contributed by atoms with Crippen LogP contribution < -0.4 is 10.5 Å². The fourth-order valence-corrected chi connectivity index (χ4v) is 3.81. The van der Waals surface area contributed by atoms with Gasteiger partial charge >= 0.3 is 0 Å². The number of nitrogens with two attached hydrogens (primary N) is 1. The van der Waals surface area contributed by atoms with Crippen LogP contribution in [0.1, 0.15) is 16.7 Å². The predicted molar refractivity (Wildman–Crippen MR) is 82.9 cm³/mol. The van der Waals surface area contributed by atoms with E-state index < -0.39 is 10.0 Å². The van der Waals surface area contributed by atoms with E-state index in [0.29, 0.717) is 23.4 Å². The van der Waals surface area contributed by atoms with Gasteiger partial charge in [-0.05, 0) is 37.5 Å². The lowest BCUT2D eigenvalue weighted by molar-refractivity contribution is 0.0320. The number of aryl methyl sites for hydroxylation is 2. The summed E-state index contributed by atoms with van der Waals surface area (Å²) in [4.78, 5) is 0.234. The van der Waals surface area contributed by atoms with Crippen molar-refractivity contribution in [3.63, 3.8) is 0 Å². The summed E-state index contributed by atoms with van der Waals surface area (Å²) >= 11 is 0. The lowest BCUT2D eigenvalue weighted by Crippen LogP contribution is -2.36. The van der Waals surface area contributed by atoms with Crippen LogP contribution in [0.2, 0.25) is 0 Å². The number of rotatable bonds is 7. The van der Waals surface area contributed by atoms with Gasteiger partial charge in [0.1, 0.15) is 0 Å². The summed E-state index contributed by atoms with van der Waals surface area (Å²) in [5.41, 5.74) is 8.56. The van der Waals surface area contributed by atoms with Gasteiger partial charge in [0.05, 0.1) is 17.6 Å². The largest absolute Gasteiger partial charge is 0.398 e. The lowest BCUT2D eigenvalue weighted by Gasteiger charge is -2.18. The van der Waals surface area contributed by atoms with E-state index in [0.717, 1.165) is 5.56 Å². The Hall–Kier alpha value is -1.15. The summed E-state index contributed by atoms with van der Waals surface area (Å²) in [5.74, 6) is 0. The van der Waals surface area contributed by atoms with E-state index in [1.165, 1.54) is 14.2 Å². The average Bonchev–Trinajstić information content (AvgIpc) is 2.40. The molecule has 1 atom stereocenters. The molecular formula is C14H24N2O4S. The molecule has 0 aliphatic carbocycles. The number of benzene rings is 1. The summed E-state index contributed by atoms with van der Waals surface area (Å²) in [5, 5.41) is 0. The van der Waals surface area contributed by atoms with Crippen LogP contribution in [0.4, 0.5) is 5.69 Å². The Bertz CT molecular complexity index is 599. The van der Waals surface area contributed by atoms with Gasteiger partial charge in [-0.3, -0.25) is 0 Å². The number of ether oxygens (including phenoxy) is 2. The number of hydrogen-bond acceptors (Lipinski definition) is 5. The molecule has 1 aromatic carbocycles. The van der Waals surface area contributed by atoms with Gasteiger partial charge in [0.15, 0.2) is 0 Å². The van der Waals surface area contributed by atoms with Gasteiger partial charge in [-0.15, -0.1) is 0 Å². The summed E-state index contributed by atoms with van der Waals surface area (Å²) < 4.78 is 37.7. The van der Waals surface area contributed by atoms with Crippen LogP contribution in [0.15, 0.2) is 11.0 Å². The first kappa shape index (κ1) is 17.9. The Labute approximate surface area is 126 Å². The monoisotopic (exact) mass is 316 g/mol. The molecule has 0 saturated heterocycles. The van der Waals surface area contributed by atoms with Crippen molar-refractivity contribution in [2.75, 3.05) is 33.1 Å². The van der Waals surface area contributed by atoms with E-state index in [2.05, 4.69) is 4.72 Å². The third kappa shape index (κ3) is 4.16. The first-order valence-corrected chi connectivity index (χ1v) is 8.10. The number of sulfonamides is 1. The molecule has 120 valence electrons. The zero-order chi connectivity index (χ0) is 16.2. The first-order chi connectivity index (χ1) is 9.74. The van der Waals surface area contributed by atoms with Crippen LogP contribution in [-0.2, 0) is 19.5 Å². The number of nitrogens with one attached hydrogen (secondary N) is 1. The molecule has 0 aliphatic heterocycles. The highest BCUT2D eigenvalue weighted by molar-refractivity contribution is 7.89. The molecule has 3 N–H and O–H groups in total. The Kier molecular flexibility index (Phi) is 6.15. The van der Waals surface area contributed by atoms with Crippen molar-refractivity contribution in [3.8, 4) is 0 Å². The standard InChI is InChI=1S/C14H24N2O4S/c1-9-6-10(2)14(11(3)13(9)15)21(17,18)16-7-12(20-5)8-19-4/h6,12,16H,7-8,15H2,1-5H3. The van der Waals surface area contributed by atoms with Crippen LogP contribution in [-0.4, -0.2) is 41.9 Å². The number of nitrogen functional groups attached to an aromatic ring is 1. The summed E-state index contributed by atoms with van der Waals surface area (Å²) in [6, 6.07) is 1.78. The highest BCUT2D eigenvalue weighted by Gasteiger charge is 2.23. The van der Waals surface area contributed by atoms with Crippen LogP contribution in [0, 0.1) is 20.8 Å². The maximum Gasteiger partial charge on any atom is 0.241 e. The number of hydrogen-bond donors (Lipinski definition) is 2. The van der Waals surface area contributed by atoms with E-state index in [4.69, 9.17) is 15.2 Å². The van der Waals surface area contributed by atoms with Gasteiger partial charge in [0.2, 0.25) is 10.0 Å². The fourth-order valence-electron chi connectivity index (χ4n) is 2.27. The lowest BCUT2D eigenvalue weighted by atomic mass is 10.1. The third-order valence-electron chi connectivity index (χ3n) is 3.42. The zero-order valence-electron chi connectivity index (χ0n) is 13.2. The van der Waals surface area contributed by atoms with Crippen molar-refractivity contribution in [3.05, 3.63) is 22.8 Å². The summed E-state index contributed by atoms with van der Waals surface area (Å²) in [6.07, 6.45) is -0.340. The molecule has 0 heterocycles. The minimum atomic E-state index is -3.65. The molecule has 0 aromatic heterocycles. The molecule has 0 saturated carbocycles. The molecule has 1 unspecified atom stereocenters. The number of anilines is 1. The summed E-state index contributed by atoms with van der Waals surface area (Å²) in [7, 11) is -0.600. The smallest absolute Gasteiger partial charge is 0.241 e. The Morgan fingerprint density at radius 3 is 2.38 bits per heavy atom. The van der Waals surface area contributed by atoms with Crippen LogP contribution in [0.25, 0.3) is 0 Å². The Morgan fingerprint density at radius 2 is 1.86 bits per heavy atom. The maximum absolute atomic E-state index is 12.5. The van der Waals surface area contributed by atoms with Gasteiger partial charge in [0.25, 0.3) is 0 Å². The van der Waals surface area contributed by atoms with Gasteiger partial charge in [-0.1, -0.05) is 6.07 Å². The minimum absolute atomic E-state index is 0.138. The van der Waals surface area contributed by atoms with Crippen molar-refractivity contribution in [1.82, 2.24) is 4.72 Å². The van der Waals surface area contributed by atoms with E-state index in [1.54, 1.807) is 19.9 Å². The molecule has 0 bridgehead atoms. The minimum Gasteiger partial charge on any atom is -0.398 e. The van der Waals surface area contributed by atoms with Crippen molar-refractivity contribution >= 4 is 15.7 Å². The molecule has 1 aromatic rings. The van der Waals surface area contributed by atoms with Crippen LogP contribution in [0.5, 0.6) is 0 Å². The van der Waals surface area contributed by atoms with Crippen molar-refractivity contribution in [2.24, 2.45) is 0 Å². The van der Waals surface area contributed by atoms with Gasteiger partial charge in [0, 0.05) is 26.5 Å². The molecule has 0 aliphatic rings. The van der Waals surface area contributed by atoms with Crippen molar-refractivity contribution in [2.45, 2.75) is 31.8 Å². The topological polar surface area (TPSA) is 90.7 Å². The molecule has 6 nitrogen and oxygen atoms in total. The predicted octanol–water partition coefficient (Wildman–Crippen LogP) is 1.13. The van der Waals surface area contributed by atoms with Crippen molar-refractivity contribution in [1.29, 1.82) is 0 Å². The van der Waals surface area contributed by atoms with Gasteiger partial charge < -0.3 is 15.2 Å². The third-order valence-corrected chi connectivity index (χ3v) is 5.13. The quantitative estimate of drug-likeness (QED) is 0.736. The molecular weight excluding hydrogens is 292 g/mol. The molecule has 0 amide bonds. The van der Waals surface area contributed by atoms with Crippen LogP contribution in [0.3, 0.4) is 0 Å². The molecule has 1 rings (SSSR count). The molecule has 0 radical (unpaired) electrons. The molecule has 7 heteroatoms. The van der Waals surface area contributed by atoms with E-state index in [1.807, 2.05) is 6.92 Å². The summed E-state index contributed by atoms with van der Waals surface area (Å²) in [6.45, 7) is 5.79. The van der Waals surface area contributed by atoms with Crippen molar-refractivity contribution < 1.29 is 17.9 Å². The highest BCUT2D eigenvalue weighted by Crippen LogP contribution is 2.27. The van der Waals surface area contributed by atoms with E-state index in [9.17, 15) is 8.42 Å². The first-order valence-electron chi connectivity index (χ1n) is 6.62. The van der Waals surface area contributed by atoms with Crippen LogP contribution >= 0.6 is 0 Å². The maximum atomic E-state index is 12.5. The van der Waals surface area contributed by atoms with E-state index >= 15 is 0 Å². The molecule has 0 spiro atoms. The number of methoxy groups -OCH3 is 2. The van der Waals surface area contributed by atoms with E-state index in [-0.39, 0.29) is 17.5 Å². The van der Waals surface area contributed by atoms with Gasteiger partial charge in [-0.2, -0.15) is 0 Å². The fraction of sp³-hybridized carbons (Fsp3) is 0.571. The normalized spacial score (nSPS) is 13.4. The second kappa shape index (κ2) is 7.22. The zero-order valence-corrected chi connectivity index (χ0v) is 14.0. The molecule has 21 heavy (non-hydrogen) atoms. The SMILES string of the molecule is COCC(CNS(=O)(=O)c1c(C)cc(C)c(N)c1C)OC. The highest BCUT2D eigenvalue weighted by atomic mass is 32.2. The Morgan fingerprint density at radius 1 is 1.24 bits per heavy atom. The van der Waals surface area contributed by atoms with Gasteiger partial charge in [-0.25, -0.2) is 13.1 Å².